The highest BCUT2D eigenvalue weighted by Crippen LogP contribution is 2.29. The first kappa shape index (κ1) is 12.0. The van der Waals surface area contributed by atoms with Gasteiger partial charge in [0.15, 0.2) is 0 Å². The van der Waals surface area contributed by atoms with Crippen LogP contribution < -0.4 is 0 Å². The molecule has 96 valence electrons. The topological polar surface area (TPSA) is 4.93 Å². The van der Waals surface area contributed by atoms with Crippen LogP contribution in [-0.2, 0) is 6.54 Å². The van der Waals surface area contributed by atoms with Crippen LogP contribution in [0.5, 0.6) is 0 Å². The van der Waals surface area contributed by atoms with E-state index in [-0.39, 0.29) is 0 Å². The largest absolute Gasteiger partial charge is 0.340 e. The molecule has 0 radical (unpaired) electrons. The van der Waals surface area contributed by atoms with Gasteiger partial charge in [-0.25, -0.2) is 0 Å². The van der Waals surface area contributed by atoms with E-state index in [1.807, 2.05) is 0 Å². The quantitative estimate of drug-likeness (QED) is 0.563. The van der Waals surface area contributed by atoms with Crippen molar-refractivity contribution in [2.75, 3.05) is 0 Å². The van der Waals surface area contributed by atoms with E-state index in [2.05, 4.69) is 66.6 Å². The SMILES string of the molecule is C=C(C)CCCn1c2ccccc2c2ccccc21. The number of fused-ring (bicyclic) bond motifs is 3. The van der Waals surface area contributed by atoms with Gasteiger partial charge in [-0.3, -0.25) is 0 Å². The fourth-order valence-electron chi connectivity index (χ4n) is 2.78. The molecule has 0 aliphatic rings. The molecular weight excluding hydrogens is 230 g/mol. The van der Waals surface area contributed by atoms with Crippen molar-refractivity contribution in [3.63, 3.8) is 0 Å². The molecule has 3 aromatic rings. The smallest absolute Gasteiger partial charge is 0.0491 e. The standard InChI is InChI=1S/C18H19N/c1-14(2)8-7-13-19-17-11-5-3-9-15(17)16-10-4-6-12-18(16)19/h3-6,9-12H,1,7-8,13H2,2H3. The second-order valence-electron chi connectivity index (χ2n) is 5.25. The van der Waals surface area contributed by atoms with Crippen LogP contribution in [0.2, 0.25) is 0 Å². The van der Waals surface area contributed by atoms with Crippen molar-refractivity contribution in [2.45, 2.75) is 26.3 Å². The summed E-state index contributed by atoms with van der Waals surface area (Å²) in [6, 6.07) is 17.3. The lowest BCUT2D eigenvalue weighted by atomic mass is 10.2. The predicted octanol–water partition coefficient (Wildman–Crippen LogP) is 5.15. The van der Waals surface area contributed by atoms with Crippen molar-refractivity contribution in [3.8, 4) is 0 Å². The molecule has 0 saturated carbocycles. The van der Waals surface area contributed by atoms with Crippen LogP contribution in [0.4, 0.5) is 0 Å². The summed E-state index contributed by atoms with van der Waals surface area (Å²) >= 11 is 0. The maximum absolute atomic E-state index is 3.99. The molecule has 0 unspecified atom stereocenters. The Morgan fingerprint density at radius 3 is 2.00 bits per heavy atom. The molecule has 0 aliphatic heterocycles. The zero-order valence-electron chi connectivity index (χ0n) is 11.4. The zero-order chi connectivity index (χ0) is 13.2. The number of hydrogen-bond acceptors (Lipinski definition) is 0. The molecule has 0 aliphatic carbocycles. The van der Waals surface area contributed by atoms with Crippen molar-refractivity contribution in [2.24, 2.45) is 0 Å². The number of para-hydroxylation sites is 2. The van der Waals surface area contributed by atoms with Crippen LogP contribution in [0.3, 0.4) is 0 Å². The van der Waals surface area contributed by atoms with Crippen molar-refractivity contribution in [3.05, 3.63) is 60.7 Å². The molecule has 19 heavy (non-hydrogen) atoms. The Hall–Kier alpha value is -2.02. The van der Waals surface area contributed by atoms with Crippen LogP contribution in [0.1, 0.15) is 19.8 Å². The summed E-state index contributed by atoms with van der Waals surface area (Å²) in [6.07, 6.45) is 2.25. The maximum atomic E-state index is 3.99. The molecule has 0 bridgehead atoms. The summed E-state index contributed by atoms with van der Waals surface area (Å²) in [7, 11) is 0. The van der Waals surface area contributed by atoms with E-state index in [9.17, 15) is 0 Å². The molecule has 3 rings (SSSR count). The Morgan fingerprint density at radius 2 is 1.47 bits per heavy atom. The third-order valence-electron chi connectivity index (χ3n) is 3.67. The van der Waals surface area contributed by atoms with Gasteiger partial charge < -0.3 is 4.57 Å². The Balaban J connectivity index is 2.11. The van der Waals surface area contributed by atoms with Gasteiger partial charge in [0, 0.05) is 28.4 Å². The summed E-state index contributed by atoms with van der Waals surface area (Å²) in [5, 5.41) is 2.71. The monoisotopic (exact) mass is 249 g/mol. The number of nitrogens with zero attached hydrogens (tertiary/aromatic N) is 1. The highest BCUT2D eigenvalue weighted by Gasteiger charge is 2.08. The Kier molecular flexibility index (Phi) is 3.12. The van der Waals surface area contributed by atoms with Gasteiger partial charge in [-0.05, 0) is 31.9 Å². The van der Waals surface area contributed by atoms with E-state index >= 15 is 0 Å². The molecule has 0 saturated heterocycles. The first-order chi connectivity index (χ1) is 9.27. The molecule has 0 atom stereocenters. The van der Waals surface area contributed by atoms with Crippen LogP contribution >= 0.6 is 0 Å². The van der Waals surface area contributed by atoms with Crippen molar-refractivity contribution in [1.82, 2.24) is 4.57 Å². The molecule has 0 spiro atoms. The number of rotatable bonds is 4. The molecule has 0 N–H and O–H groups in total. The minimum atomic E-state index is 1.06. The molecule has 1 aromatic heterocycles. The normalized spacial score (nSPS) is 11.2. The summed E-state index contributed by atoms with van der Waals surface area (Å²) in [4.78, 5) is 0. The maximum Gasteiger partial charge on any atom is 0.0491 e. The summed E-state index contributed by atoms with van der Waals surface area (Å²) in [5.41, 5.74) is 3.94. The first-order valence-electron chi connectivity index (χ1n) is 6.88. The van der Waals surface area contributed by atoms with Gasteiger partial charge in [0.05, 0.1) is 0 Å². The lowest BCUT2D eigenvalue weighted by Gasteiger charge is -2.07. The minimum absolute atomic E-state index is 1.06. The van der Waals surface area contributed by atoms with Crippen LogP contribution in [0.15, 0.2) is 60.7 Å². The highest BCUT2D eigenvalue weighted by molar-refractivity contribution is 6.07. The fraction of sp³-hybridized carbons (Fsp3) is 0.222. The van der Waals surface area contributed by atoms with Crippen molar-refractivity contribution < 1.29 is 0 Å². The second kappa shape index (κ2) is 4.93. The third kappa shape index (κ3) is 2.17. The van der Waals surface area contributed by atoms with Gasteiger partial charge >= 0.3 is 0 Å². The first-order valence-corrected chi connectivity index (χ1v) is 6.88. The molecular formula is C18H19N. The minimum Gasteiger partial charge on any atom is -0.340 e. The van der Waals surface area contributed by atoms with Crippen molar-refractivity contribution in [1.29, 1.82) is 0 Å². The molecule has 2 aromatic carbocycles. The predicted molar refractivity (Wildman–Crippen MR) is 83.5 cm³/mol. The van der Waals surface area contributed by atoms with Gasteiger partial charge in [-0.15, -0.1) is 6.58 Å². The molecule has 1 heteroatoms. The van der Waals surface area contributed by atoms with Crippen LogP contribution in [0, 0.1) is 0 Å². The van der Waals surface area contributed by atoms with Crippen LogP contribution in [0.25, 0.3) is 21.8 Å². The van der Waals surface area contributed by atoms with Gasteiger partial charge in [-0.2, -0.15) is 0 Å². The van der Waals surface area contributed by atoms with E-state index < -0.39 is 0 Å². The number of allylic oxidation sites excluding steroid dienone is 1. The summed E-state index contributed by atoms with van der Waals surface area (Å²) in [5.74, 6) is 0. The molecule has 1 heterocycles. The summed E-state index contributed by atoms with van der Waals surface area (Å²) < 4.78 is 2.44. The molecule has 1 nitrogen and oxygen atoms in total. The van der Waals surface area contributed by atoms with Crippen LogP contribution in [-0.4, -0.2) is 4.57 Å². The zero-order valence-corrected chi connectivity index (χ0v) is 11.4. The van der Waals surface area contributed by atoms with Gasteiger partial charge in [0.2, 0.25) is 0 Å². The lowest BCUT2D eigenvalue weighted by Crippen LogP contribution is -1.97. The lowest BCUT2D eigenvalue weighted by molar-refractivity contribution is 0.675. The van der Waals surface area contributed by atoms with E-state index in [0.717, 1.165) is 19.4 Å². The van der Waals surface area contributed by atoms with Crippen molar-refractivity contribution >= 4 is 21.8 Å². The number of benzene rings is 2. The Labute approximate surface area is 114 Å². The number of aromatic nitrogens is 1. The summed E-state index contributed by atoms with van der Waals surface area (Å²) in [6.45, 7) is 7.15. The van der Waals surface area contributed by atoms with E-state index in [1.165, 1.54) is 27.4 Å². The molecule has 0 amide bonds. The van der Waals surface area contributed by atoms with E-state index in [1.54, 1.807) is 0 Å². The fourth-order valence-corrected chi connectivity index (χ4v) is 2.78. The Bertz CT molecular complexity index is 680. The average molecular weight is 249 g/mol. The second-order valence-corrected chi connectivity index (χ2v) is 5.25. The van der Waals surface area contributed by atoms with E-state index in [0.29, 0.717) is 0 Å². The third-order valence-corrected chi connectivity index (χ3v) is 3.67. The average Bonchev–Trinajstić information content (AvgIpc) is 2.74. The van der Waals surface area contributed by atoms with Gasteiger partial charge in [-0.1, -0.05) is 42.0 Å². The Morgan fingerprint density at radius 1 is 0.947 bits per heavy atom. The number of hydrogen-bond donors (Lipinski definition) is 0. The molecule has 0 fully saturated rings. The number of aryl methyl sites for hydroxylation is 1. The van der Waals surface area contributed by atoms with Gasteiger partial charge in [0.25, 0.3) is 0 Å². The van der Waals surface area contributed by atoms with Gasteiger partial charge in [0.1, 0.15) is 0 Å². The van der Waals surface area contributed by atoms with E-state index in [4.69, 9.17) is 0 Å². The highest BCUT2D eigenvalue weighted by atomic mass is 15.0.